The van der Waals surface area contributed by atoms with Gasteiger partial charge in [0, 0.05) is 11.6 Å². The number of rotatable bonds is 5. The van der Waals surface area contributed by atoms with Gasteiger partial charge in [-0.15, -0.1) is 22.7 Å². The molecule has 0 saturated heterocycles. The Morgan fingerprint density at radius 1 is 1.10 bits per heavy atom. The molecule has 5 rings (SSSR count). The summed E-state index contributed by atoms with van der Waals surface area (Å²) in [6.07, 6.45) is 1.63. The largest absolute Gasteiger partial charge is 0.301 e. The molecule has 2 aromatic heterocycles. The van der Waals surface area contributed by atoms with Crippen molar-refractivity contribution in [2.24, 2.45) is 0 Å². The Morgan fingerprint density at radius 2 is 1.87 bits per heavy atom. The highest BCUT2D eigenvalue weighted by atomic mass is 32.2. The number of carbonyl (C=O) groups excluding carboxylic acids is 3. The molecular formula is C20H12N4O3S3. The molecule has 0 spiro atoms. The van der Waals surface area contributed by atoms with E-state index in [2.05, 4.69) is 15.3 Å². The molecule has 4 aromatic rings. The van der Waals surface area contributed by atoms with Crippen molar-refractivity contribution in [1.82, 2.24) is 9.97 Å². The first-order valence-electron chi connectivity index (χ1n) is 8.81. The summed E-state index contributed by atoms with van der Waals surface area (Å²) in [5.41, 5.74) is 2.09. The molecule has 3 amide bonds. The molecule has 7 nitrogen and oxygen atoms in total. The number of imide groups is 1. The first-order chi connectivity index (χ1) is 14.6. The van der Waals surface area contributed by atoms with Crippen LogP contribution >= 0.6 is 34.4 Å². The van der Waals surface area contributed by atoms with Crippen LogP contribution in [0.3, 0.4) is 0 Å². The summed E-state index contributed by atoms with van der Waals surface area (Å²) in [7, 11) is 0. The summed E-state index contributed by atoms with van der Waals surface area (Å²) in [6.45, 7) is 0. The van der Waals surface area contributed by atoms with Gasteiger partial charge in [0.1, 0.15) is 0 Å². The summed E-state index contributed by atoms with van der Waals surface area (Å²) in [5, 5.41) is 5.09. The lowest BCUT2D eigenvalue weighted by molar-refractivity contribution is -0.113. The maximum Gasteiger partial charge on any atom is 0.266 e. The number of hydrogen-bond donors (Lipinski definition) is 1. The summed E-state index contributed by atoms with van der Waals surface area (Å²) in [4.78, 5) is 47.2. The van der Waals surface area contributed by atoms with Crippen LogP contribution in [0, 0.1) is 0 Å². The third kappa shape index (κ3) is 3.38. The number of thioether (sulfide) groups is 1. The molecule has 1 aliphatic heterocycles. The van der Waals surface area contributed by atoms with E-state index in [0.717, 1.165) is 14.6 Å². The normalized spacial score (nSPS) is 13.1. The Kier molecular flexibility index (Phi) is 4.81. The molecule has 3 heterocycles. The van der Waals surface area contributed by atoms with Gasteiger partial charge in [-0.1, -0.05) is 23.9 Å². The Hall–Kier alpha value is -3.08. The second-order valence-corrected chi connectivity index (χ2v) is 9.44. The second-order valence-electron chi connectivity index (χ2n) is 6.30. The van der Waals surface area contributed by atoms with Gasteiger partial charge in [-0.05, 0) is 30.3 Å². The van der Waals surface area contributed by atoms with E-state index < -0.39 is 0 Å². The van der Waals surface area contributed by atoms with Gasteiger partial charge >= 0.3 is 0 Å². The van der Waals surface area contributed by atoms with Crippen molar-refractivity contribution in [3.05, 3.63) is 65.2 Å². The lowest BCUT2D eigenvalue weighted by atomic mass is 10.1. The van der Waals surface area contributed by atoms with Crippen LogP contribution in [-0.4, -0.2) is 33.4 Å². The predicted molar refractivity (Wildman–Crippen MR) is 119 cm³/mol. The summed E-state index contributed by atoms with van der Waals surface area (Å²) in [5.74, 6) is -0.591. The fourth-order valence-electron chi connectivity index (χ4n) is 3.08. The maximum absolute atomic E-state index is 12.7. The number of hydrogen-bond acceptors (Lipinski definition) is 8. The van der Waals surface area contributed by atoms with Crippen LogP contribution in [0.4, 0.5) is 10.8 Å². The van der Waals surface area contributed by atoms with E-state index in [1.54, 1.807) is 54.0 Å². The second kappa shape index (κ2) is 7.63. The van der Waals surface area contributed by atoms with Crippen LogP contribution in [0.2, 0.25) is 0 Å². The minimum Gasteiger partial charge on any atom is -0.301 e. The van der Waals surface area contributed by atoms with Gasteiger partial charge in [-0.25, -0.2) is 14.9 Å². The summed E-state index contributed by atoms with van der Waals surface area (Å²) < 4.78 is 1.57. The highest BCUT2D eigenvalue weighted by Gasteiger charge is 2.36. The molecular weight excluding hydrogens is 440 g/mol. The molecule has 1 N–H and O–H groups in total. The van der Waals surface area contributed by atoms with E-state index in [0.29, 0.717) is 21.9 Å². The van der Waals surface area contributed by atoms with E-state index in [4.69, 9.17) is 0 Å². The third-order valence-electron chi connectivity index (χ3n) is 4.41. The zero-order valence-electron chi connectivity index (χ0n) is 15.2. The molecule has 148 valence electrons. The van der Waals surface area contributed by atoms with Gasteiger partial charge < -0.3 is 5.32 Å². The monoisotopic (exact) mass is 452 g/mol. The van der Waals surface area contributed by atoms with Gasteiger partial charge in [0.15, 0.2) is 9.47 Å². The summed E-state index contributed by atoms with van der Waals surface area (Å²) >= 11 is 4.11. The lowest BCUT2D eigenvalue weighted by Gasteiger charge is -2.13. The van der Waals surface area contributed by atoms with Gasteiger partial charge in [0.2, 0.25) is 5.91 Å². The van der Waals surface area contributed by atoms with E-state index >= 15 is 0 Å². The van der Waals surface area contributed by atoms with Crippen LogP contribution in [0.25, 0.3) is 10.2 Å². The van der Waals surface area contributed by atoms with E-state index in [9.17, 15) is 14.4 Å². The number of nitrogens with zero attached hydrogens (tertiary/aromatic N) is 3. The van der Waals surface area contributed by atoms with E-state index in [1.807, 2.05) is 0 Å². The number of benzene rings is 2. The zero-order valence-corrected chi connectivity index (χ0v) is 17.6. The molecule has 0 aliphatic carbocycles. The zero-order chi connectivity index (χ0) is 20.7. The van der Waals surface area contributed by atoms with E-state index in [-0.39, 0.29) is 23.5 Å². The number of anilines is 2. The van der Waals surface area contributed by atoms with Gasteiger partial charge in [-0.3, -0.25) is 14.4 Å². The molecule has 0 bridgehead atoms. The first kappa shape index (κ1) is 18.9. The van der Waals surface area contributed by atoms with Gasteiger partial charge in [0.25, 0.3) is 11.8 Å². The minimum absolute atomic E-state index is 0.152. The Balaban J connectivity index is 1.34. The Labute approximate surface area is 182 Å². The number of amides is 3. The molecule has 0 unspecified atom stereocenters. The molecule has 0 radical (unpaired) electrons. The van der Waals surface area contributed by atoms with Crippen LogP contribution in [-0.2, 0) is 4.79 Å². The third-order valence-corrected chi connectivity index (χ3v) is 7.26. The van der Waals surface area contributed by atoms with Gasteiger partial charge in [-0.2, -0.15) is 0 Å². The molecule has 0 atom stereocenters. The van der Waals surface area contributed by atoms with E-state index in [1.165, 1.54) is 39.3 Å². The van der Waals surface area contributed by atoms with Crippen molar-refractivity contribution < 1.29 is 14.4 Å². The topological polar surface area (TPSA) is 92.3 Å². The van der Waals surface area contributed by atoms with Crippen molar-refractivity contribution >= 4 is 73.2 Å². The molecule has 10 heteroatoms. The minimum atomic E-state index is -0.326. The smallest absolute Gasteiger partial charge is 0.266 e. The molecule has 0 fully saturated rings. The van der Waals surface area contributed by atoms with Crippen molar-refractivity contribution in [1.29, 1.82) is 0 Å². The SMILES string of the molecule is O=C(CSc1nc2ccc(N3C(=O)c4ccccc4C3=O)cc2s1)Nc1nccs1. The molecule has 0 saturated carbocycles. The first-order valence-corrected chi connectivity index (χ1v) is 11.5. The molecule has 2 aromatic carbocycles. The standard InChI is InChI=1S/C20H12N4O3S3/c25-16(23-19-21-7-8-28-19)10-29-20-22-14-6-5-11(9-15(14)30-20)24-17(26)12-3-1-2-4-13(12)18(24)27/h1-9H,10H2,(H,21,23,25). The highest BCUT2D eigenvalue weighted by Crippen LogP contribution is 2.35. The number of nitrogens with one attached hydrogen (secondary N) is 1. The number of thiazole rings is 2. The quantitative estimate of drug-likeness (QED) is 0.359. The van der Waals surface area contributed by atoms with Gasteiger partial charge in [0.05, 0.1) is 32.8 Å². The number of carbonyl (C=O) groups is 3. The lowest BCUT2D eigenvalue weighted by Crippen LogP contribution is -2.29. The van der Waals surface area contributed by atoms with Crippen molar-refractivity contribution in [2.45, 2.75) is 4.34 Å². The molecule has 1 aliphatic rings. The Morgan fingerprint density at radius 3 is 2.57 bits per heavy atom. The summed E-state index contributed by atoms with van der Waals surface area (Å²) in [6, 6.07) is 12.1. The average molecular weight is 453 g/mol. The number of fused-ring (bicyclic) bond motifs is 2. The van der Waals surface area contributed by atoms with Crippen LogP contribution in [0.15, 0.2) is 58.4 Å². The molecule has 30 heavy (non-hydrogen) atoms. The van der Waals surface area contributed by atoms with Crippen molar-refractivity contribution in [2.75, 3.05) is 16.0 Å². The average Bonchev–Trinajstić information content (AvgIpc) is 3.46. The van der Waals surface area contributed by atoms with Crippen molar-refractivity contribution in [3.8, 4) is 0 Å². The van der Waals surface area contributed by atoms with Crippen LogP contribution < -0.4 is 10.2 Å². The van der Waals surface area contributed by atoms with Crippen LogP contribution in [0.5, 0.6) is 0 Å². The fourth-order valence-corrected chi connectivity index (χ4v) is 5.53. The maximum atomic E-state index is 12.7. The highest BCUT2D eigenvalue weighted by molar-refractivity contribution is 8.01. The Bertz CT molecular complexity index is 1260. The van der Waals surface area contributed by atoms with Crippen molar-refractivity contribution in [3.63, 3.8) is 0 Å². The predicted octanol–water partition coefficient (Wildman–Crippen LogP) is 4.28. The fraction of sp³-hybridized carbons (Fsp3) is 0.0500. The number of aromatic nitrogens is 2. The van der Waals surface area contributed by atoms with Crippen LogP contribution in [0.1, 0.15) is 20.7 Å².